The van der Waals surface area contributed by atoms with Crippen molar-refractivity contribution in [2.75, 3.05) is 11.9 Å². The van der Waals surface area contributed by atoms with E-state index in [-0.39, 0.29) is 12.4 Å². The van der Waals surface area contributed by atoms with Crippen molar-refractivity contribution in [3.05, 3.63) is 48.4 Å². The standard InChI is InChI=1S/C19H19N3O4/c23-18(21-17-9-10-20-22(17)14-6-2-3-7-14)12-25-19(24)16-11-13-5-1-4-8-15(13)26-16/h1,4-5,8-11,14H,2-3,6-7,12H2,(H,21,23). The summed E-state index contributed by atoms with van der Waals surface area (Å²) in [4.78, 5) is 24.2. The highest BCUT2D eigenvalue weighted by atomic mass is 16.5. The quantitative estimate of drug-likeness (QED) is 0.709. The molecule has 0 spiro atoms. The Morgan fingerprint density at radius 1 is 1.23 bits per heavy atom. The number of hydrogen-bond donors (Lipinski definition) is 1. The zero-order valence-electron chi connectivity index (χ0n) is 14.2. The number of para-hydroxylation sites is 1. The maximum atomic E-state index is 12.1. The minimum atomic E-state index is -0.666. The molecule has 4 rings (SSSR count). The third-order valence-electron chi connectivity index (χ3n) is 4.57. The molecular weight excluding hydrogens is 334 g/mol. The third-order valence-corrected chi connectivity index (χ3v) is 4.57. The van der Waals surface area contributed by atoms with Gasteiger partial charge in [-0.05, 0) is 25.0 Å². The summed E-state index contributed by atoms with van der Waals surface area (Å²) in [6, 6.07) is 11.0. The second kappa shape index (κ2) is 7.03. The van der Waals surface area contributed by atoms with E-state index in [4.69, 9.17) is 9.15 Å². The largest absolute Gasteiger partial charge is 0.450 e. The van der Waals surface area contributed by atoms with E-state index in [1.165, 1.54) is 12.8 Å². The average molecular weight is 353 g/mol. The van der Waals surface area contributed by atoms with Gasteiger partial charge in [0.2, 0.25) is 5.76 Å². The molecule has 1 saturated carbocycles. The van der Waals surface area contributed by atoms with Crippen molar-refractivity contribution in [2.45, 2.75) is 31.7 Å². The summed E-state index contributed by atoms with van der Waals surface area (Å²) >= 11 is 0. The molecule has 1 amide bonds. The molecule has 0 bridgehead atoms. The van der Waals surface area contributed by atoms with E-state index in [1.54, 1.807) is 24.4 Å². The molecule has 1 aliphatic carbocycles. The maximum absolute atomic E-state index is 12.1. The summed E-state index contributed by atoms with van der Waals surface area (Å²) in [6.07, 6.45) is 6.13. The van der Waals surface area contributed by atoms with Crippen LogP contribution in [-0.4, -0.2) is 28.3 Å². The average Bonchev–Trinajstić information content (AvgIpc) is 3.38. The molecule has 2 heterocycles. The van der Waals surface area contributed by atoms with Crippen LogP contribution in [0.1, 0.15) is 42.3 Å². The monoisotopic (exact) mass is 353 g/mol. The molecule has 0 saturated heterocycles. The maximum Gasteiger partial charge on any atom is 0.374 e. The molecule has 1 N–H and O–H groups in total. The van der Waals surface area contributed by atoms with Gasteiger partial charge in [-0.1, -0.05) is 31.0 Å². The van der Waals surface area contributed by atoms with E-state index in [1.807, 2.05) is 22.9 Å². The van der Waals surface area contributed by atoms with E-state index in [9.17, 15) is 9.59 Å². The van der Waals surface area contributed by atoms with Crippen molar-refractivity contribution in [1.29, 1.82) is 0 Å². The molecule has 26 heavy (non-hydrogen) atoms. The van der Waals surface area contributed by atoms with Gasteiger partial charge in [0.1, 0.15) is 11.4 Å². The molecule has 1 aromatic carbocycles. The highest BCUT2D eigenvalue weighted by molar-refractivity contribution is 5.96. The van der Waals surface area contributed by atoms with Gasteiger partial charge in [0.05, 0.1) is 12.2 Å². The van der Waals surface area contributed by atoms with Gasteiger partial charge in [-0.3, -0.25) is 4.79 Å². The van der Waals surface area contributed by atoms with Crippen LogP contribution in [0.4, 0.5) is 5.82 Å². The van der Waals surface area contributed by atoms with Gasteiger partial charge in [-0.25, -0.2) is 9.48 Å². The van der Waals surface area contributed by atoms with Crippen molar-refractivity contribution >= 4 is 28.7 Å². The number of carbonyl (C=O) groups excluding carboxylic acids is 2. The number of nitrogens with zero attached hydrogens (tertiary/aromatic N) is 2. The molecule has 0 radical (unpaired) electrons. The Kier molecular flexibility index (Phi) is 4.43. The highest BCUT2D eigenvalue weighted by Gasteiger charge is 2.21. The molecule has 0 atom stereocenters. The first-order chi connectivity index (χ1) is 12.7. The van der Waals surface area contributed by atoms with Crippen LogP contribution in [0.25, 0.3) is 11.0 Å². The van der Waals surface area contributed by atoms with Gasteiger partial charge in [0.25, 0.3) is 5.91 Å². The van der Waals surface area contributed by atoms with Crippen LogP contribution in [0.5, 0.6) is 0 Å². The van der Waals surface area contributed by atoms with E-state index >= 15 is 0 Å². The fraction of sp³-hybridized carbons (Fsp3) is 0.316. The van der Waals surface area contributed by atoms with Gasteiger partial charge in [-0.15, -0.1) is 0 Å². The lowest BCUT2D eigenvalue weighted by Crippen LogP contribution is -2.23. The highest BCUT2D eigenvalue weighted by Crippen LogP contribution is 2.31. The summed E-state index contributed by atoms with van der Waals surface area (Å²) in [5.74, 6) is -0.369. The molecule has 0 unspecified atom stereocenters. The SMILES string of the molecule is O=C(COC(=O)c1cc2ccccc2o1)Nc1ccnn1C1CCCC1. The lowest BCUT2D eigenvalue weighted by Gasteiger charge is -2.14. The van der Waals surface area contributed by atoms with Crippen molar-refractivity contribution in [3.8, 4) is 0 Å². The van der Waals surface area contributed by atoms with Crippen LogP contribution in [-0.2, 0) is 9.53 Å². The number of nitrogens with one attached hydrogen (secondary N) is 1. The van der Waals surface area contributed by atoms with Gasteiger partial charge >= 0.3 is 5.97 Å². The molecule has 2 aromatic heterocycles. The number of anilines is 1. The Hall–Kier alpha value is -3.09. The summed E-state index contributed by atoms with van der Waals surface area (Å²) in [6.45, 7) is -0.383. The number of amides is 1. The fourth-order valence-electron chi connectivity index (χ4n) is 3.32. The summed E-state index contributed by atoms with van der Waals surface area (Å²) in [7, 11) is 0. The number of fused-ring (bicyclic) bond motifs is 1. The third kappa shape index (κ3) is 3.33. The molecule has 7 nitrogen and oxygen atoms in total. The molecule has 1 aliphatic rings. The van der Waals surface area contributed by atoms with Crippen molar-refractivity contribution in [1.82, 2.24) is 9.78 Å². The lowest BCUT2D eigenvalue weighted by atomic mass is 10.2. The van der Waals surface area contributed by atoms with E-state index in [0.29, 0.717) is 17.4 Å². The summed E-state index contributed by atoms with van der Waals surface area (Å²) in [5.41, 5.74) is 0.601. The Morgan fingerprint density at radius 3 is 2.85 bits per heavy atom. The van der Waals surface area contributed by atoms with Crippen LogP contribution >= 0.6 is 0 Å². The van der Waals surface area contributed by atoms with E-state index in [2.05, 4.69) is 10.4 Å². The van der Waals surface area contributed by atoms with Gasteiger partial charge in [-0.2, -0.15) is 5.10 Å². The Balaban J connectivity index is 1.35. The van der Waals surface area contributed by atoms with Crippen molar-refractivity contribution in [3.63, 3.8) is 0 Å². The van der Waals surface area contributed by atoms with Crippen LogP contribution in [0.2, 0.25) is 0 Å². The smallest absolute Gasteiger partial charge is 0.374 e. The zero-order valence-corrected chi connectivity index (χ0v) is 14.2. The normalized spacial score (nSPS) is 14.6. The van der Waals surface area contributed by atoms with Gasteiger partial charge in [0, 0.05) is 11.5 Å². The van der Waals surface area contributed by atoms with E-state index < -0.39 is 11.9 Å². The van der Waals surface area contributed by atoms with Gasteiger partial charge < -0.3 is 14.5 Å². The molecule has 3 aromatic rings. The van der Waals surface area contributed by atoms with Crippen LogP contribution < -0.4 is 5.32 Å². The topological polar surface area (TPSA) is 86.4 Å². The molecule has 7 heteroatoms. The van der Waals surface area contributed by atoms with Gasteiger partial charge in [0.15, 0.2) is 6.61 Å². The van der Waals surface area contributed by atoms with Crippen LogP contribution in [0.3, 0.4) is 0 Å². The summed E-state index contributed by atoms with van der Waals surface area (Å²) in [5, 5.41) is 7.86. The number of benzene rings is 1. The number of furan rings is 1. The molecular formula is C19H19N3O4. The number of hydrogen-bond acceptors (Lipinski definition) is 5. The van der Waals surface area contributed by atoms with Crippen LogP contribution in [0.15, 0.2) is 47.0 Å². The zero-order chi connectivity index (χ0) is 17.9. The lowest BCUT2D eigenvalue weighted by molar-refractivity contribution is -0.119. The predicted octanol–water partition coefficient (Wildman–Crippen LogP) is 3.54. The Labute approximate surface area is 149 Å². The molecule has 1 fully saturated rings. The minimum absolute atomic E-state index is 0.0787. The first-order valence-corrected chi connectivity index (χ1v) is 8.70. The first kappa shape index (κ1) is 16.4. The number of rotatable bonds is 5. The van der Waals surface area contributed by atoms with Crippen molar-refractivity contribution in [2.24, 2.45) is 0 Å². The first-order valence-electron chi connectivity index (χ1n) is 8.70. The molecule has 134 valence electrons. The number of aromatic nitrogens is 2. The van der Waals surface area contributed by atoms with Crippen LogP contribution in [0, 0.1) is 0 Å². The Morgan fingerprint density at radius 2 is 2.04 bits per heavy atom. The van der Waals surface area contributed by atoms with E-state index in [0.717, 1.165) is 18.2 Å². The number of esters is 1. The Bertz CT molecular complexity index is 904. The minimum Gasteiger partial charge on any atom is -0.450 e. The van der Waals surface area contributed by atoms with Crippen molar-refractivity contribution < 1.29 is 18.7 Å². The second-order valence-electron chi connectivity index (χ2n) is 6.37. The number of carbonyl (C=O) groups is 2. The summed E-state index contributed by atoms with van der Waals surface area (Å²) < 4.78 is 12.3. The molecule has 0 aliphatic heterocycles. The fourth-order valence-corrected chi connectivity index (χ4v) is 3.32. The predicted molar refractivity (Wildman–Crippen MR) is 94.9 cm³/mol. The number of ether oxygens (including phenoxy) is 1. The second-order valence-corrected chi connectivity index (χ2v) is 6.37.